The molecule has 2 nitrogen and oxygen atoms in total. The van der Waals surface area contributed by atoms with Gasteiger partial charge in [0.2, 0.25) is 0 Å². The SMILES string of the molecule is C=N/C=c1/cc(-c2ccc(F)cc2C)cc/c1=C/CNC(=C)CCC. The van der Waals surface area contributed by atoms with Crippen LogP contribution in [0.3, 0.4) is 0 Å². The zero-order valence-electron chi connectivity index (χ0n) is 15.0. The van der Waals surface area contributed by atoms with Gasteiger partial charge in [-0.25, -0.2) is 4.39 Å². The molecule has 0 saturated carbocycles. The van der Waals surface area contributed by atoms with Gasteiger partial charge in [-0.1, -0.05) is 44.2 Å². The van der Waals surface area contributed by atoms with Crippen LogP contribution in [0.1, 0.15) is 25.3 Å². The highest BCUT2D eigenvalue weighted by atomic mass is 19.1. The molecule has 0 spiro atoms. The van der Waals surface area contributed by atoms with Gasteiger partial charge < -0.3 is 5.32 Å². The van der Waals surface area contributed by atoms with Gasteiger partial charge in [0.1, 0.15) is 5.82 Å². The van der Waals surface area contributed by atoms with Crippen LogP contribution in [0.25, 0.3) is 23.4 Å². The predicted molar refractivity (Wildman–Crippen MR) is 106 cm³/mol. The highest BCUT2D eigenvalue weighted by Crippen LogP contribution is 2.22. The number of allylic oxidation sites excluding steroid dienone is 1. The Kier molecular flexibility index (Phi) is 6.70. The molecule has 0 aliphatic rings. The fourth-order valence-corrected chi connectivity index (χ4v) is 2.78. The van der Waals surface area contributed by atoms with Crippen LogP contribution in [0.2, 0.25) is 0 Å². The second-order valence-electron chi connectivity index (χ2n) is 6.05. The Labute approximate surface area is 149 Å². The van der Waals surface area contributed by atoms with Crippen LogP contribution in [-0.4, -0.2) is 13.3 Å². The molecule has 2 aromatic carbocycles. The van der Waals surface area contributed by atoms with E-state index in [0.717, 1.165) is 45.7 Å². The number of rotatable bonds is 7. The minimum Gasteiger partial charge on any atom is -0.385 e. The maximum Gasteiger partial charge on any atom is 0.123 e. The molecular weight excluding hydrogens is 311 g/mol. The first-order valence-electron chi connectivity index (χ1n) is 8.49. The number of nitrogens with zero attached hydrogens (tertiary/aromatic N) is 1. The Balaban J connectivity index is 2.36. The van der Waals surface area contributed by atoms with Crippen molar-refractivity contribution in [1.29, 1.82) is 0 Å². The molecule has 0 atom stereocenters. The Morgan fingerprint density at radius 3 is 2.68 bits per heavy atom. The lowest BCUT2D eigenvalue weighted by Gasteiger charge is -2.07. The molecule has 0 aromatic heterocycles. The number of nitrogens with one attached hydrogen (secondary N) is 1. The Morgan fingerprint density at radius 2 is 2.00 bits per heavy atom. The molecule has 0 radical (unpaired) electrons. The Hall–Kier alpha value is -2.68. The van der Waals surface area contributed by atoms with Gasteiger partial charge in [-0.15, -0.1) is 0 Å². The number of halogens is 1. The minimum absolute atomic E-state index is 0.218. The quantitative estimate of drug-likeness (QED) is 0.762. The smallest absolute Gasteiger partial charge is 0.123 e. The van der Waals surface area contributed by atoms with E-state index in [-0.39, 0.29) is 5.82 Å². The van der Waals surface area contributed by atoms with Crippen LogP contribution >= 0.6 is 0 Å². The second kappa shape index (κ2) is 8.97. The minimum atomic E-state index is -0.218. The molecule has 0 aliphatic heterocycles. The molecule has 0 bridgehead atoms. The van der Waals surface area contributed by atoms with Gasteiger partial charge in [-0.05, 0) is 60.2 Å². The Bertz CT molecular complexity index is 881. The zero-order valence-corrected chi connectivity index (χ0v) is 15.0. The molecule has 0 heterocycles. The van der Waals surface area contributed by atoms with E-state index in [1.54, 1.807) is 12.3 Å². The van der Waals surface area contributed by atoms with E-state index >= 15 is 0 Å². The van der Waals surface area contributed by atoms with Crippen molar-refractivity contribution in [2.45, 2.75) is 26.7 Å². The summed E-state index contributed by atoms with van der Waals surface area (Å²) in [7, 11) is 0. The molecule has 2 rings (SSSR count). The summed E-state index contributed by atoms with van der Waals surface area (Å²) in [4.78, 5) is 3.92. The molecule has 2 aromatic rings. The van der Waals surface area contributed by atoms with Crippen LogP contribution in [0.15, 0.2) is 53.7 Å². The molecule has 0 unspecified atom stereocenters. The highest BCUT2D eigenvalue weighted by Gasteiger charge is 2.03. The second-order valence-corrected chi connectivity index (χ2v) is 6.05. The third-order valence-electron chi connectivity index (χ3n) is 4.04. The molecule has 0 saturated heterocycles. The number of aliphatic imine (C=N–C) groups is 1. The summed E-state index contributed by atoms with van der Waals surface area (Å²) in [6.45, 7) is 12.3. The van der Waals surface area contributed by atoms with E-state index in [9.17, 15) is 4.39 Å². The summed E-state index contributed by atoms with van der Waals surface area (Å²) in [5, 5.41) is 5.37. The van der Waals surface area contributed by atoms with Gasteiger partial charge in [-0.2, -0.15) is 0 Å². The Morgan fingerprint density at radius 1 is 1.20 bits per heavy atom. The first kappa shape index (κ1) is 18.7. The summed E-state index contributed by atoms with van der Waals surface area (Å²) in [6, 6.07) is 11.0. The van der Waals surface area contributed by atoms with E-state index in [2.05, 4.69) is 48.7 Å². The van der Waals surface area contributed by atoms with Gasteiger partial charge in [0.05, 0.1) is 0 Å². The van der Waals surface area contributed by atoms with Crippen molar-refractivity contribution in [2.75, 3.05) is 6.54 Å². The lowest BCUT2D eigenvalue weighted by Crippen LogP contribution is -2.26. The van der Waals surface area contributed by atoms with Crippen molar-refractivity contribution in [3.63, 3.8) is 0 Å². The van der Waals surface area contributed by atoms with Crippen LogP contribution in [-0.2, 0) is 0 Å². The summed E-state index contributed by atoms with van der Waals surface area (Å²) in [5.74, 6) is -0.218. The largest absolute Gasteiger partial charge is 0.385 e. The van der Waals surface area contributed by atoms with E-state index in [4.69, 9.17) is 0 Å². The zero-order chi connectivity index (χ0) is 18.2. The molecule has 25 heavy (non-hydrogen) atoms. The van der Waals surface area contributed by atoms with Crippen molar-refractivity contribution in [2.24, 2.45) is 4.99 Å². The van der Waals surface area contributed by atoms with Crippen molar-refractivity contribution in [3.8, 4) is 11.1 Å². The van der Waals surface area contributed by atoms with Crippen molar-refractivity contribution in [3.05, 3.63) is 70.5 Å². The highest BCUT2D eigenvalue weighted by molar-refractivity contribution is 5.67. The van der Waals surface area contributed by atoms with Crippen molar-refractivity contribution < 1.29 is 4.39 Å². The maximum atomic E-state index is 13.3. The van der Waals surface area contributed by atoms with Crippen LogP contribution in [0.5, 0.6) is 0 Å². The third-order valence-corrected chi connectivity index (χ3v) is 4.04. The number of hydrogen-bond acceptors (Lipinski definition) is 2. The average molecular weight is 336 g/mol. The summed E-state index contributed by atoms with van der Waals surface area (Å²) < 4.78 is 13.3. The predicted octanol–water partition coefficient (Wildman–Crippen LogP) is 3.92. The normalized spacial score (nSPS) is 12.3. The van der Waals surface area contributed by atoms with Gasteiger partial charge in [0.15, 0.2) is 0 Å². The van der Waals surface area contributed by atoms with Crippen LogP contribution < -0.4 is 15.8 Å². The van der Waals surface area contributed by atoms with Crippen molar-refractivity contribution in [1.82, 2.24) is 5.32 Å². The number of hydrogen-bond donors (Lipinski definition) is 1. The van der Waals surface area contributed by atoms with E-state index in [1.807, 2.05) is 19.1 Å². The third kappa shape index (κ3) is 5.15. The molecule has 3 heteroatoms. The number of aryl methyl sites for hydroxylation is 1. The number of benzene rings is 2. The molecule has 0 fully saturated rings. The molecule has 0 amide bonds. The first-order chi connectivity index (χ1) is 12.0. The molecule has 1 N–H and O–H groups in total. The molecule has 0 aliphatic carbocycles. The van der Waals surface area contributed by atoms with Gasteiger partial charge in [0.25, 0.3) is 0 Å². The van der Waals surface area contributed by atoms with Gasteiger partial charge in [-0.3, -0.25) is 4.99 Å². The monoisotopic (exact) mass is 336 g/mol. The lowest BCUT2D eigenvalue weighted by molar-refractivity contribution is 0.627. The van der Waals surface area contributed by atoms with Crippen LogP contribution in [0.4, 0.5) is 4.39 Å². The fourth-order valence-electron chi connectivity index (χ4n) is 2.78. The maximum absolute atomic E-state index is 13.3. The van der Waals surface area contributed by atoms with Gasteiger partial charge in [0, 0.05) is 23.7 Å². The van der Waals surface area contributed by atoms with E-state index < -0.39 is 0 Å². The van der Waals surface area contributed by atoms with E-state index in [1.165, 1.54) is 6.07 Å². The average Bonchev–Trinajstić information content (AvgIpc) is 2.57. The van der Waals surface area contributed by atoms with Crippen LogP contribution in [0, 0.1) is 12.7 Å². The fraction of sp³-hybridized carbons (Fsp3) is 0.227. The lowest BCUT2D eigenvalue weighted by atomic mass is 9.99. The van der Waals surface area contributed by atoms with E-state index in [0.29, 0.717) is 6.54 Å². The topological polar surface area (TPSA) is 24.4 Å². The summed E-state index contributed by atoms with van der Waals surface area (Å²) >= 11 is 0. The molecular formula is C22H25FN2. The van der Waals surface area contributed by atoms with Gasteiger partial charge >= 0.3 is 0 Å². The standard InChI is InChI=1S/C22H25FN2/c1-5-6-17(3)25-12-11-18-7-8-19(14-20(18)15-24-4)22-10-9-21(23)13-16(22)2/h7-11,13-15,25H,3-6,12H2,1-2H3/b18-11-,20-15-. The summed E-state index contributed by atoms with van der Waals surface area (Å²) in [6.07, 6.45) is 5.91. The first-order valence-corrected chi connectivity index (χ1v) is 8.49. The van der Waals surface area contributed by atoms with Crippen molar-refractivity contribution >= 4 is 19.0 Å². The summed E-state index contributed by atoms with van der Waals surface area (Å²) in [5.41, 5.74) is 4.01. The molecule has 130 valence electrons.